The van der Waals surface area contributed by atoms with Crippen molar-refractivity contribution in [1.29, 1.82) is 0 Å². The average molecular weight is 390 g/mol. The van der Waals surface area contributed by atoms with Crippen LogP contribution in [0.2, 0.25) is 0 Å². The Morgan fingerprint density at radius 3 is 2.07 bits per heavy atom. The zero-order valence-corrected chi connectivity index (χ0v) is 16.6. The van der Waals surface area contributed by atoms with Gasteiger partial charge in [-0.15, -0.1) is 0 Å². The molecule has 1 N–H and O–H groups in total. The van der Waals surface area contributed by atoms with Gasteiger partial charge < -0.3 is 10.2 Å². The van der Waals surface area contributed by atoms with Crippen LogP contribution in [0, 0.1) is 11.8 Å². The van der Waals surface area contributed by atoms with Crippen molar-refractivity contribution in [3.8, 4) is 0 Å². The van der Waals surface area contributed by atoms with Crippen LogP contribution in [0.4, 0.5) is 0 Å². The summed E-state index contributed by atoms with van der Waals surface area (Å²) in [6.07, 6.45) is 5.62. The van der Waals surface area contributed by atoms with E-state index in [9.17, 15) is 19.2 Å². The van der Waals surface area contributed by atoms with Gasteiger partial charge in [0.05, 0.1) is 17.9 Å². The van der Waals surface area contributed by atoms with E-state index in [0.717, 1.165) is 38.5 Å². The maximum Gasteiger partial charge on any atom is 0.242 e. The number of imide groups is 1. The Balaban J connectivity index is 1.27. The van der Waals surface area contributed by atoms with E-state index in [1.165, 1.54) is 4.90 Å². The molecule has 28 heavy (non-hydrogen) atoms. The van der Waals surface area contributed by atoms with E-state index in [0.29, 0.717) is 32.2 Å². The molecule has 4 fully saturated rings. The molecule has 4 rings (SSSR count). The molecule has 2 saturated carbocycles. The predicted molar refractivity (Wildman–Crippen MR) is 101 cm³/mol. The molecule has 0 aromatic heterocycles. The third-order valence-corrected chi connectivity index (χ3v) is 6.74. The van der Waals surface area contributed by atoms with Crippen molar-refractivity contribution in [1.82, 2.24) is 20.0 Å². The Bertz CT molecular complexity index is 645. The fraction of sp³-hybridized carbons (Fsp3) is 0.800. The van der Waals surface area contributed by atoms with Crippen LogP contribution in [0.5, 0.6) is 0 Å². The van der Waals surface area contributed by atoms with Gasteiger partial charge >= 0.3 is 0 Å². The summed E-state index contributed by atoms with van der Waals surface area (Å²) in [5.74, 6) is -0.860. The highest BCUT2D eigenvalue weighted by atomic mass is 16.2. The number of fused-ring (bicyclic) bond motifs is 1. The Kier molecular flexibility index (Phi) is 5.40. The molecule has 0 aromatic carbocycles. The summed E-state index contributed by atoms with van der Waals surface area (Å²) in [4.78, 5) is 55.0. The fourth-order valence-electron chi connectivity index (χ4n) is 4.70. The number of piperazine rings is 1. The van der Waals surface area contributed by atoms with E-state index >= 15 is 0 Å². The number of hydrogen-bond donors (Lipinski definition) is 1. The summed E-state index contributed by atoms with van der Waals surface area (Å²) in [6.45, 7) is 4.04. The van der Waals surface area contributed by atoms with E-state index < -0.39 is 0 Å². The van der Waals surface area contributed by atoms with Crippen molar-refractivity contribution in [2.24, 2.45) is 11.8 Å². The Morgan fingerprint density at radius 1 is 0.964 bits per heavy atom. The van der Waals surface area contributed by atoms with Crippen LogP contribution in [-0.2, 0) is 19.2 Å². The summed E-state index contributed by atoms with van der Waals surface area (Å²) in [7, 11) is 0. The van der Waals surface area contributed by atoms with E-state index in [2.05, 4.69) is 10.2 Å². The molecule has 3 unspecified atom stereocenters. The van der Waals surface area contributed by atoms with Crippen LogP contribution in [0.3, 0.4) is 0 Å². The van der Waals surface area contributed by atoms with Crippen LogP contribution < -0.4 is 5.32 Å². The highest BCUT2D eigenvalue weighted by molar-refractivity contribution is 6.07. The molecule has 154 valence electrons. The van der Waals surface area contributed by atoms with E-state index in [1.54, 1.807) is 4.90 Å². The molecule has 2 aliphatic heterocycles. The molecule has 0 spiro atoms. The normalized spacial score (nSPS) is 29.6. The first-order chi connectivity index (χ1) is 13.5. The molecule has 0 radical (unpaired) electrons. The molecule has 2 saturated heterocycles. The highest BCUT2D eigenvalue weighted by Crippen LogP contribution is 2.37. The Labute approximate surface area is 165 Å². The number of hydrogen-bond acceptors (Lipinski definition) is 5. The first-order valence-corrected chi connectivity index (χ1v) is 10.6. The molecule has 8 nitrogen and oxygen atoms in total. The van der Waals surface area contributed by atoms with Crippen LogP contribution in [0.15, 0.2) is 0 Å². The standard InChI is InChI=1S/C20H30N4O4/c1-13(18(26)21-14-6-7-14)22-8-10-23(11-9-22)17(25)12-24-19(27)15-4-2-3-5-16(15)20(24)28/h13-16H,2-12H2,1H3,(H,21,26). The van der Waals surface area contributed by atoms with Crippen LogP contribution in [-0.4, -0.2) is 83.1 Å². The molecule has 0 bridgehead atoms. The number of carbonyl (C=O) groups excluding carboxylic acids is 4. The molecule has 0 aromatic rings. The van der Waals surface area contributed by atoms with Gasteiger partial charge in [-0.05, 0) is 32.6 Å². The predicted octanol–water partition coefficient (Wildman–Crippen LogP) is -0.0271. The van der Waals surface area contributed by atoms with Gasteiger partial charge in [0.25, 0.3) is 0 Å². The SMILES string of the molecule is CC(C(=O)NC1CC1)N1CCN(C(=O)CN2C(=O)C3CCCCC3C2=O)CC1. The fourth-order valence-corrected chi connectivity index (χ4v) is 4.70. The second kappa shape index (κ2) is 7.81. The smallest absolute Gasteiger partial charge is 0.242 e. The third kappa shape index (κ3) is 3.79. The Morgan fingerprint density at radius 2 is 1.54 bits per heavy atom. The molecule has 4 aliphatic rings. The van der Waals surface area contributed by atoms with Crippen LogP contribution in [0.25, 0.3) is 0 Å². The molecule has 4 amide bonds. The topological polar surface area (TPSA) is 90.0 Å². The molecular formula is C20H30N4O4. The molecule has 8 heteroatoms. The summed E-state index contributed by atoms with van der Waals surface area (Å²) in [5, 5.41) is 3.02. The Hall–Kier alpha value is -1.96. The van der Waals surface area contributed by atoms with Gasteiger partial charge in [-0.25, -0.2) is 0 Å². The van der Waals surface area contributed by atoms with Gasteiger partial charge in [0.15, 0.2) is 0 Å². The lowest BCUT2D eigenvalue weighted by molar-refractivity contribution is -0.147. The molecular weight excluding hydrogens is 360 g/mol. The summed E-state index contributed by atoms with van der Waals surface area (Å²) in [5.41, 5.74) is 0. The number of likely N-dealkylation sites (tertiary alicyclic amines) is 1. The summed E-state index contributed by atoms with van der Waals surface area (Å²) >= 11 is 0. The minimum absolute atomic E-state index is 0.0538. The number of carbonyl (C=O) groups is 4. The molecule has 3 atom stereocenters. The number of nitrogens with zero attached hydrogens (tertiary/aromatic N) is 3. The first kappa shape index (κ1) is 19.4. The minimum atomic E-state index is -0.211. The third-order valence-electron chi connectivity index (χ3n) is 6.74. The van der Waals surface area contributed by atoms with Gasteiger partial charge in [-0.1, -0.05) is 12.8 Å². The number of amides is 4. The van der Waals surface area contributed by atoms with Crippen molar-refractivity contribution in [2.75, 3.05) is 32.7 Å². The number of rotatable bonds is 5. The monoisotopic (exact) mass is 390 g/mol. The minimum Gasteiger partial charge on any atom is -0.352 e. The summed E-state index contributed by atoms with van der Waals surface area (Å²) in [6, 6.07) is 0.139. The number of nitrogens with one attached hydrogen (secondary N) is 1. The zero-order valence-electron chi connectivity index (χ0n) is 16.6. The van der Waals surface area contributed by atoms with Crippen molar-refractivity contribution in [2.45, 2.75) is 57.5 Å². The van der Waals surface area contributed by atoms with Gasteiger partial charge in [-0.3, -0.25) is 29.0 Å². The second-order valence-electron chi connectivity index (χ2n) is 8.64. The van der Waals surface area contributed by atoms with Crippen molar-refractivity contribution < 1.29 is 19.2 Å². The van der Waals surface area contributed by atoms with Gasteiger partial charge in [-0.2, -0.15) is 0 Å². The maximum absolute atomic E-state index is 12.7. The molecule has 2 aliphatic carbocycles. The molecule has 2 heterocycles. The van der Waals surface area contributed by atoms with E-state index in [-0.39, 0.29) is 48.1 Å². The first-order valence-electron chi connectivity index (χ1n) is 10.6. The van der Waals surface area contributed by atoms with E-state index in [4.69, 9.17) is 0 Å². The largest absolute Gasteiger partial charge is 0.352 e. The lowest BCUT2D eigenvalue weighted by Gasteiger charge is -2.37. The summed E-state index contributed by atoms with van der Waals surface area (Å²) < 4.78 is 0. The lowest BCUT2D eigenvalue weighted by atomic mass is 9.81. The van der Waals surface area contributed by atoms with Crippen molar-refractivity contribution in [3.63, 3.8) is 0 Å². The van der Waals surface area contributed by atoms with Crippen LogP contribution >= 0.6 is 0 Å². The van der Waals surface area contributed by atoms with Crippen LogP contribution in [0.1, 0.15) is 45.4 Å². The van der Waals surface area contributed by atoms with Gasteiger partial charge in [0, 0.05) is 32.2 Å². The lowest BCUT2D eigenvalue weighted by Crippen LogP contribution is -2.56. The van der Waals surface area contributed by atoms with Crippen molar-refractivity contribution in [3.05, 3.63) is 0 Å². The maximum atomic E-state index is 12.7. The zero-order chi connectivity index (χ0) is 19.8. The highest BCUT2D eigenvalue weighted by Gasteiger charge is 2.48. The second-order valence-corrected chi connectivity index (χ2v) is 8.64. The van der Waals surface area contributed by atoms with E-state index in [1.807, 2.05) is 6.92 Å². The van der Waals surface area contributed by atoms with Gasteiger partial charge in [0.1, 0.15) is 6.54 Å². The average Bonchev–Trinajstić information content (AvgIpc) is 3.50. The van der Waals surface area contributed by atoms with Crippen molar-refractivity contribution >= 4 is 23.6 Å². The quantitative estimate of drug-likeness (QED) is 0.666. The van der Waals surface area contributed by atoms with Gasteiger partial charge in [0.2, 0.25) is 23.6 Å².